The van der Waals surface area contributed by atoms with Crippen LogP contribution in [0.15, 0.2) is 48.5 Å². The van der Waals surface area contributed by atoms with Gasteiger partial charge in [-0.15, -0.1) is 0 Å². The summed E-state index contributed by atoms with van der Waals surface area (Å²) in [4.78, 5) is 0. The van der Waals surface area contributed by atoms with Crippen LogP contribution >= 0.6 is 11.6 Å². The van der Waals surface area contributed by atoms with Crippen LogP contribution in [-0.4, -0.2) is 29.1 Å². The number of rotatable bonds is 5. The van der Waals surface area contributed by atoms with Crippen molar-refractivity contribution in [2.24, 2.45) is 0 Å². The third kappa shape index (κ3) is 3.09. The molecule has 0 spiro atoms. The average molecular weight is 345 g/mol. The van der Waals surface area contributed by atoms with Crippen LogP contribution in [0, 0.1) is 0 Å². The first-order valence-electron chi connectivity index (χ1n) is 7.34. The van der Waals surface area contributed by atoms with E-state index in [2.05, 4.69) is 5.10 Å². The normalized spacial score (nSPS) is 10.7. The Hall–Kier alpha value is -2.50. The molecular formula is C18H17ClN2O3. The molecule has 0 atom stereocenters. The molecule has 24 heavy (non-hydrogen) atoms. The van der Waals surface area contributed by atoms with Crippen LogP contribution in [0.25, 0.3) is 16.9 Å². The van der Waals surface area contributed by atoms with Crippen molar-refractivity contribution in [3.05, 3.63) is 59.2 Å². The van der Waals surface area contributed by atoms with E-state index in [1.165, 1.54) is 0 Å². The number of methoxy groups -OCH3 is 2. The number of hydrogen-bond donors (Lipinski definition) is 1. The number of benzene rings is 2. The molecule has 6 heteroatoms. The zero-order valence-corrected chi connectivity index (χ0v) is 14.1. The van der Waals surface area contributed by atoms with Crippen LogP contribution in [-0.2, 0) is 6.61 Å². The Bertz CT molecular complexity index is 839. The molecule has 3 rings (SSSR count). The summed E-state index contributed by atoms with van der Waals surface area (Å²) >= 11 is 6.32. The maximum atomic E-state index is 9.48. The minimum absolute atomic E-state index is 0.161. The van der Waals surface area contributed by atoms with Gasteiger partial charge in [-0.25, -0.2) is 4.68 Å². The molecule has 5 nitrogen and oxygen atoms in total. The van der Waals surface area contributed by atoms with Crippen molar-refractivity contribution in [1.29, 1.82) is 0 Å². The zero-order valence-electron chi connectivity index (χ0n) is 13.4. The summed E-state index contributed by atoms with van der Waals surface area (Å²) in [6, 6.07) is 14.8. The average Bonchev–Trinajstić information content (AvgIpc) is 3.06. The molecule has 1 N–H and O–H groups in total. The van der Waals surface area contributed by atoms with E-state index in [4.69, 9.17) is 21.1 Å². The number of aromatic nitrogens is 2. The highest BCUT2D eigenvalue weighted by atomic mass is 35.5. The summed E-state index contributed by atoms with van der Waals surface area (Å²) in [7, 11) is 3.20. The predicted molar refractivity (Wildman–Crippen MR) is 93.0 cm³/mol. The Morgan fingerprint density at radius 2 is 1.71 bits per heavy atom. The Balaban J connectivity index is 2.22. The molecular weight excluding hydrogens is 328 g/mol. The quantitative estimate of drug-likeness (QED) is 0.766. The second-order valence-corrected chi connectivity index (χ2v) is 5.55. The first-order valence-corrected chi connectivity index (χ1v) is 7.72. The SMILES string of the molecule is COc1cc(OC)cc(-c2cc(CO)nn2-c2ccccc2Cl)c1. The van der Waals surface area contributed by atoms with E-state index in [0.29, 0.717) is 22.2 Å². The third-order valence-corrected chi connectivity index (χ3v) is 3.97. The van der Waals surface area contributed by atoms with Crippen molar-refractivity contribution < 1.29 is 14.6 Å². The predicted octanol–water partition coefficient (Wildman–Crippen LogP) is 3.70. The summed E-state index contributed by atoms with van der Waals surface area (Å²) < 4.78 is 12.4. The van der Waals surface area contributed by atoms with Crippen molar-refractivity contribution in [2.45, 2.75) is 6.61 Å². The number of ether oxygens (including phenoxy) is 2. The van der Waals surface area contributed by atoms with Gasteiger partial charge >= 0.3 is 0 Å². The molecule has 0 fully saturated rings. The highest BCUT2D eigenvalue weighted by Crippen LogP contribution is 2.33. The first kappa shape index (κ1) is 16.4. The van der Waals surface area contributed by atoms with Gasteiger partial charge in [0.15, 0.2) is 0 Å². The molecule has 124 valence electrons. The molecule has 2 aromatic carbocycles. The molecule has 0 radical (unpaired) electrons. The molecule has 0 bridgehead atoms. The van der Waals surface area contributed by atoms with E-state index >= 15 is 0 Å². The van der Waals surface area contributed by atoms with Gasteiger partial charge in [0.25, 0.3) is 0 Å². The van der Waals surface area contributed by atoms with Crippen molar-refractivity contribution >= 4 is 11.6 Å². The van der Waals surface area contributed by atoms with E-state index in [1.54, 1.807) is 31.0 Å². The number of hydrogen-bond acceptors (Lipinski definition) is 4. The van der Waals surface area contributed by atoms with Gasteiger partial charge in [-0.05, 0) is 30.3 Å². The van der Waals surface area contributed by atoms with Crippen LogP contribution in [0.2, 0.25) is 5.02 Å². The van der Waals surface area contributed by atoms with Crippen LogP contribution in [0.3, 0.4) is 0 Å². The Morgan fingerprint density at radius 3 is 2.29 bits per heavy atom. The van der Waals surface area contributed by atoms with Crippen LogP contribution in [0.1, 0.15) is 5.69 Å². The summed E-state index contributed by atoms with van der Waals surface area (Å²) in [5, 5.41) is 14.5. The van der Waals surface area contributed by atoms with Gasteiger partial charge in [-0.1, -0.05) is 23.7 Å². The lowest BCUT2D eigenvalue weighted by Crippen LogP contribution is -2.01. The number of halogens is 1. The van der Waals surface area contributed by atoms with Gasteiger partial charge in [-0.3, -0.25) is 0 Å². The molecule has 3 aromatic rings. The summed E-state index contributed by atoms with van der Waals surface area (Å²) in [5.41, 5.74) is 2.91. The van der Waals surface area contributed by atoms with Crippen LogP contribution in [0.4, 0.5) is 0 Å². The smallest absolute Gasteiger partial charge is 0.123 e. The standard InChI is InChI=1S/C18H17ClN2O3/c1-23-14-7-12(8-15(10-14)24-2)18-9-13(11-22)20-21(18)17-6-4-3-5-16(17)19/h3-10,22H,11H2,1-2H3. The second kappa shape index (κ2) is 6.95. The van der Waals surface area contributed by atoms with Crippen molar-refractivity contribution in [2.75, 3.05) is 14.2 Å². The van der Waals surface area contributed by atoms with Gasteiger partial charge < -0.3 is 14.6 Å². The van der Waals surface area contributed by atoms with Crippen molar-refractivity contribution in [1.82, 2.24) is 9.78 Å². The van der Waals surface area contributed by atoms with Crippen LogP contribution < -0.4 is 9.47 Å². The fourth-order valence-electron chi connectivity index (χ4n) is 2.48. The van der Waals surface area contributed by atoms with E-state index in [-0.39, 0.29) is 6.61 Å². The van der Waals surface area contributed by atoms with Crippen LogP contribution in [0.5, 0.6) is 11.5 Å². The maximum absolute atomic E-state index is 9.48. The fourth-order valence-corrected chi connectivity index (χ4v) is 2.69. The summed E-state index contributed by atoms with van der Waals surface area (Å²) in [6.45, 7) is -0.161. The molecule has 0 saturated heterocycles. The second-order valence-electron chi connectivity index (χ2n) is 5.14. The van der Waals surface area contributed by atoms with Crippen molar-refractivity contribution in [3.8, 4) is 28.4 Å². The van der Waals surface area contributed by atoms with E-state index in [1.807, 2.05) is 36.4 Å². The van der Waals surface area contributed by atoms with Gasteiger partial charge in [0.2, 0.25) is 0 Å². The lowest BCUT2D eigenvalue weighted by molar-refractivity contribution is 0.276. The molecule has 0 unspecified atom stereocenters. The number of aliphatic hydroxyl groups is 1. The van der Waals surface area contributed by atoms with Gasteiger partial charge in [0.1, 0.15) is 11.5 Å². The first-order chi connectivity index (χ1) is 11.7. The molecule has 1 heterocycles. The molecule has 1 aromatic heterocycles. The van der Waals surface area contributed by atoms with E-state index in [9.17, 15) is 5.11 Å². The van der Waals surface area contributed by atoms with E-state index < -0.39 is 0 Å². The lowest BCUT2D eigenvalue weighted by Gasteiger charge is -2.11. The van der Waals surface area contributed by atoms with Gasteiger partial charge in [0.05, 0.1) is 42.9 Å². The zero-order chi connectivity index (χ0) is 17.1. The Labute approximate surface area is 145 Å². The number of aliphatic hydroxyl groups excluding tert-OH is 1. The van der Waals surface area contributed by atoms with E-state index in [0.717, 1.165) is 16.9 Å². The minimum Gasteiger partial charge on any atom is -0.497 e. The topological polar surface area (TPSA) is 56.5 Å². The lowest BCUT2D eigenvalue weighted by atomic mass is 10.1. The third-order valence-electron chi connectivity index (χ3n) is 3.65. The maximum Gasteiger partial charge on any atom is 0.123 e. The summed E-state index contributed by atoms with van der Waals surface area (Å²) in [6.07, 6.45) is 0. The molecule has 0 aliphatic rings. The fraction of sp³-hybridized carbons (Fsp3) is 0.167. The molecule has 0 amide bonds. The van der Waals surface area contributed by atoms with Crippen molar-refractivity contribution in [3.63, 3.8) is 0 Å². The largest absolute Gasteiger partial charge is 0.497 e. The number of nitrogens with zero attached hydrogens (tertiary/aromatic N) is 2. The van der Waals surface area contributed by atoms with Gasteiger partial charge in [-0.2, -0.15) is 5.10 Å². The molecule has 0 aliphatic heterocycles. The monoisotopic (exact) mass is 344 g/mol. The highest BCUT2D eigenvalue weighted by Gasteiger charge is 2.15. The Morgan fingerprint density at radius 1 is 1.04 bits per heavy atom. The van der Waals surface area contributed by atoms with Gasteiger partial charge in [0, 0.05) is 11.6 Å². The Kier molecular flexibility index (Phi) is 4.74. The number of para-hydroxylation sites is 1. The minimum atomic E-state index is -0.161. The molecule has 0 saturated carbocycles. The summed E-state index contributed by atoms with van der Waals surface area (Å²) in [5.74, 6) is 1.34. The molecule has 0 aliphatic carbocycles. The highest BCUT2D eigenvalue weighted by molar-refractivity contribution is 6.32.